The summed E-state index contributed by atoms with van der Waals surface area (Å²) in [5, 5.41) is 4.20. The Kier molecular flexibility index (Phi) is 6.20. The highest BCUT2D eigenvalue weighted by Crippen LogP contribution is 2.33. The van der Waals surface area contributed by atoms with Crippen molar-refractivity contribution in [1.29, 1.82) is 0 Å². The molecule has 0 saturated carbocycles. The molecule has 0 aliphatic rings. The van der Waals surface area contributed by atoms with Crippen LogP contribution in [0.1, 0.15) is 35.9 Å². The lowest BCUT2D eigenvalue weighted by Gasteiger charge is -2.13. The molecule has 1 atom stereocenters. The van der Waals surface area contributed by atoms with Crippen molar-refractivity contribution >= 4 is 11.8 Å². The summed E-state index contributed by atoms with van der Waals surface area (Å²) >= 11 is 1.72. The number of hydrogen-bond donors (Lipinski definition) is 0. The Morgan fingerprint density at radius 1 is 1.33 bits per heavy atom. The van der Waals surface area contributed by atoms with E-state index in [2.05, 4.69) is 17.1 Å². The molecule has 0 bridgehead atoms. The van der Waals surface area contributed by atoms with E-state index in [0.717, 1.165) is 12.0 Å². The predicted octanol–water partition coefficient (Wildman–Crippen LogP) is 3.78. The quantitative estimate of drug-likeness (QED) is 0.742. The van der Waals surface area contributed by atoms with E-state index < -0.39 is 0 Å². The lowest BCUT2D eigenvalue weighted by Crippen LogP contribution is -1.97. The standard InChI is InChI=1S/C15H19FN2O2S/c1-3-13(11-4-6-12(16)7-5-11)21-10-15-17-14(18-20-15)8-9-19-2/h4-7,13H,3,8-10H2,1-2H3/t13-/m0/s1. The molecule has 1 aromatic heterocycles. The van der Waals surface area contributed by atoms with Gasteiger partial charge in [0.25, 0.3) is 0 Å². The topological polar surface area (TPSA) is 48.2 Å². The van der Waals surface area contributed by atoms with E-state index in [0.29, 0.717) is 35.7 Å². The van der Waals surface area contributed by atoms with Gasteiger partial charge in [0.05, 0.1) is 12.4 Å². The van der Waals surface area contributed by atoms with Gasteiger partial charge in [-0.15, -0.1) is 11.8 Å². The number of aromatic nitrogens is 2. The van der Waals surface area contributed by atoms with Crippen LogP contribution < -0.4 is 0 Å². The molecule has 114 valence electrons. The van der Waals surface area contributed by atoms with E-state index in [-0.39, 0.29) is 5.82 Å². The highest BCUT2D eigenvalue weighted by atomic mass is 32.2. The highest BCUT2D eigenvalue weighted by Gasteiger charge is 2.13. The third kappa shape index (κ3) is 4.82. The number of benzene rings is 1. The zero-order valence-corrected chi connectivity index (χ0v) is 13.0. The zero-order valence-electron chi connectivity index (χ0n) is 12.2. The summed E-state index contributed by atoms with van der Waals surface area (Å²) in [4.78, 5) is 4.32. The molecular formula is C15H19FN2O2S. The van der Waals surface area contributed by atoms with Gasteiger partial charge in [0.1, 0.15) is 5.82 Å². The van der Waals surface area contributed by atoms with Gasteiger partial charge in [-0.2, -0.15) is 4.98 Å². The Hall–Kier alpha value is -1.40. The highest BCUT2D eigenvalue weighted by molar-refractivity contribution is 7.98. The average Bonchev–Trinajstić information content (AvgIpc) is 2.95. The molecule has 1 heterocycles. The number of nitrogens with zero attached hydrogens (tertiary/aromatic N) is 2. The van der Waals surface area contributed by atoms with Crippen LogP contribution in [0.25, 0.3) is 0 Å². The van der Waals surface area contributed by atoms with E-state index in [1.165, 1.54) is 12.1 Å². The Bertz CT molecular complexity index is 545. The van der Waals surface area contributed by atoms with Gasteiger partial charge in [0.15, 0.2) is 5.82 Å². The minimum atomic E-state index is -0.210. The SMILES string of the molecule is CC[C@H](SCc1nc(CCOC)no1)c1ccc(F)cc1. The van der Waals surface area contributed by atoms with Crippen LogP contribution in [0.4, 0.5) is 4.39 Å². The summed E-state index contributed by atoms with van der Waals surface area (Å²) in [5.41, 5.74) is 1.11. The lowest BCUT2D eigenvalue weighted by molar-refractivity contribution is 0.199. The fourth-order valence-electron chi connectivity index (χ4n) is 1.94. The molecule has 0 N–H and O–H groups in total. The van der Waals surface area contributed by atoms with E-state index in [9.17, 15) is 4.39 Å². The Morgan fingerprint density at radius 3 is 2.76 bits per heavy atom. The molecule has 6 heteroatoms. The largest absolute Gasteiger partial charge is 0.384 e. The first-order chi connectivity index (χ1) is 10.2. The van der Waals surface area contributed by atoms with Crippen LogP contribution in [0.15, 0.2) is 28.8 Å². The molecule has 0 saturated heterocycles. The van der Waals surface area contributed by atoms with Crippen LogP contribution in [-0.4, -0.2) is 23.9 Å². The Labute approximate surface area is 128 Å². The van der Waals surface area contributed by atoms with Crippen molar-refractivity contribution in [2.75, 3.05) is 13.7 Å². The summed E-state index contributed by atoms with van der Waals surface area (Å²) < 4.78 is 23.2. The smallest absolute Gasteiger partial charge is 0.236 e. The fraction of sp³-hybridized carbons (Fsp3) is 0.467. The van der Waals surface area contributed by atoms with E-state index in [1.54, 1.807) is 18.9 Å². The molecular weight excluding hydrogens is 291 g/mol. The second kappa shape index (κ2) is 8.14. The minimum absolute atomic E-state index is 0.210. The molecule has 0 fully saturated rings. The van der Waals surface area contributed by atoms with Crippen LogP contribution in [0.5, 0.6) is 0 Å². The first-order valence-corrected chi connectivity index (χ1v) is 7.95. The first kappa shape index (κ1) is 16.0. The predicted molar refractivity (Wildman–Crippen MR) is 80.6 cm³/mol. The third-order valence-corrected chi connectivity index (χ3v) is 4.48. The summed E-state index contributed by atoms with van der Waals surface area (Å²) in [6.45, 7) is 2.69. The molecule has 0 aliphatic carbocycles. The second-order valence-corrected chi connectivity index (χ2v) is 5.80. The van der Waals surface area contributed by atoms with E-state index >= 15 is 0 Å². The van der Waals surface area contributed by atoms with Crippen molar-refractivity contribution in [2.24, 2.45) is 0 Å². The molecule has 0 aliphatic heterocycles. The molecule has 1 aromatic carbocycles. The molecule has 2 aromatic rings. The molecule has 0 spiro atoms. The summed E-state index contributed by atoms with van der Waals surface area (Å²) in [7, 11) is 1.64. The number of ether oxygens (including phenoxy) is 1. The molecule has 0 unspecified atom stereocenters. The molecule has 0 amide bonds. The summed E-state index contributed by atoms with van der Waals surface area (Å²) in [6.07, 6.45) is 1.61. The van der Waals surface area contributed by atoms with Crippen LogP contribution in [0, 0.1) is 5.82 Å². The van der Waals surface area contributed by atoms with Gasteiger partial charge in [-0.05, 0) is 24.1 Å². The number of halogens is 1. The van der Waals surface area contributed by atoms with E-state index in [1.807, 2.05) is 12.1 Å². The number of methoxy groups -OCH3 is 1. The van der Waals surface area contributed by atoms with Gasteiger partial charge in [-0.1, -0.05) is 24.2 Å². The van der Waals surface area contributed by atoms with Gasteiger partial charge < -0.3 is 9.26 Å². The lowest BCUT2D eigenvalue weighted by atomic mass is 10.1. The average molecular weight is 310 g/mol. The van der Waals surface area contributed by atoms with Gasteiger partial charge >= 0.3 is 0 Å². The van der Waals surface area contributed by atoms with Crippen LogP contribution in [-0.2, 0) is 16.9 Å². The molecule has 2 rings (SSSR count). The minimum Gasteiger partial charge on any atom is -0.384 e. The van der Waals surface area contributed by atoms with Crippen molar-refractivity contribution in [3.05, 3.63) is 47.4 Å². The third-order valence-electron chi connectivity index (χ3n) is 3.06. The van der Waals surface area contributed by atoms with Crippen molar-refractivity contribution in [3.8, 4) is 0 Å². The zero-order chi connectivity index (χ0) is 15.1. The second-order valence-electron chi connectivity index (χ2n) is 4.61. The summed E-state index contributed by atoms with van der Waals surface area (Å²) in [5.74, 6) is 1.72. The first-order valence-electron chi connectivity index (χ1n) is 6.90. The van der Waals surface area contributed by atoms with Crippen LogP contribution in [0.3, 0.4) is 0 Å². The maximum atomic E-state index is 13.0. The van der Waals surface area contributed by atoms with Crippen molar-refractivity contribution in [1.82, 2.24) is 10.1 Å². The van der Waals surface area contributed by atoms with Crippen molar-refractivity contribution in [2.45, 2.75) is 30.8 Å². The molecule has 4 nitrogen and oxygen atoms in total. The summed E-state index contributed by atoms with van der Waals surface area (Å²) in [6, 6.07) is 6.64. The monoisotopic (exact) mass is 310 g/mol. The molecule has 21 heavy (non-hydrogen) atoms. The van der Waals surface area contributed by atoms with Gasteiger partial charge in [0, 0.05) is 18.8 Å². The maximum absolute atomic E-state index is 13.0. The van der Waals surface area contributed by atoms with Crippen molar-refractivity contribution < 1.29 is 13.7 Å². The van der Waals surface area contributed by atoms with Gasteiger partial charge in [-0.3, -0.25) is 0 Å². The Morgan fingerprint density at radius 2 is 2.10 bits per heavy atom. The van der Waals surface area contributed by atoms with E-state index in [4.69, 9.17) is 9.26 Å². The number of rotatable bonds is 8. The number of thioether (sulfide) groups is 1. The number of hydrogen-bond acceptors (Lipinski definition) is 5. The fourth-order valence-corrected chi connectivity index (χ4v) is 2.99. The van der Waals surface area contributed by atoms with Crippen molar-refractivity contribution in [3.63, 3.8) is 0 Å². The van der Waals surface area contributed by atoms with Crippen LogP contribution >= 0.6 is 11.8 Å². The maximum Gasteiger partial charge on any atom is 0.236 e. The van der Waals surface area contributed by atoms with Gasteiger partial charge in [-0.25, -0.2) is 4.39 Å². The Balaban J connectivity index is 1.90. The normalized spacial score (nSPS) is 12.5. The van der Waals surface area contributed by atoms with Crippen LogP contribution in [0.2, 0.25) is 0 Å². The van der Waals surface area contributed by atoms with Gasteiger partial charge in [0.2, 0.25) is 5.89 Å². The molecule has 0 radical (unpaired) electrons.